The van der Waals surface area contributed by atoms with Gasteiger partial charge in [-0.3, -0.25) is 0 Å². The average Bonchev–Trinajstić information content (AvgIpc) is 2.71. The third kappa shape index (κ3) is 2.92. The summed E-state index contributed by atoms with van der Waals surface area (Å²) in [4.78, 5) is 16.2. The van der Waals surface area contributed by atoms with E-state index in [1.807, 2.05) is 0 Å². The van der Waals surface area contributed by atoms with Crippen molar-refractivity contribution >= 4 is 6.29 Å². The van der Waals surface area contributed by atoms with Gasteiger partial charge in [0.25, 0.3) is 0 Å². The summed E-state index contributed by atoms with van der Waals surface area (Å²) < 4.78 is 5.39. The van der Waals surface area contributed by atoms with E-state index in [0.29, 0.717) is 12.0 Å². The topological polar surface area (TPSA) is 32.8 Å². The van der Waals surface area contributed by atoms with Gasteiger partial charge in [0.15, 0.2) is 0 Å². The van der Waals surface area contributed by atoms with Gasteiger partial charge in [0.1, 0.15) is 6.29 Å². The van der Waals surface area contributed by atoms with Gasteiger partial charge in [0, 0.05) is 44.3 Å². The van der Waals surface area contributed by atoms with Gasteiger partial charge in [-0.2, -0.15) is 0 Å². The Bertz CT molecular complexity index is 288. The van der Waals surface area contributed by atoms with Crippen molar-refractivity contribution in [1.82, 2.24) is 9.80 Å². The number of nitrogens with zero attached hydrogens (tertiary/aromatic N) is 2. The van der Waals surface area contributed by atoms with Gasteiger partial charge in [0.05, 0.1) is 0 Å². The van der Waals surface area contributed by atoms with Gasteiger partial charge in [-0.05, 0) is 32.9 Å². The van der Waals surface area contributed by atoms with Crippen molar-refractivity contribution in [2.75, 3.05) is 46.9 Å². The van der Waals surface area contributed by atoms with Crippen LogP contribution in [0.4, 0.5) is 0 Å². The molecule has 2 saturated heterocycles. The zero-order valence-corrected chi connectivity index (χ0v) is 11.9. The molecule has 2 heterocycles. The molecule has 0 amide bonds. The summed E-state index contributed by atoms with van der Waals surface area (Å²) in [6, 6.07) is 0.619. The normalized spacial score (nSPS) is 32.9. The Labute approximate surface area is 110 Å². The minimum absolute atomic E-state index is 0.154. The lowest BCUT2D eigenvalue weighted by atomic mass is 9.81. The SMILES string of the molecule is CC1CN(CC2(C=O)CCOCC2)CC1N(C)C. The number of likely N-dealkylation sites (N-methyl/N-ethyl adjacent to an activating group) is 1. The van der Waals surface area contributed by atoms with Crippen molar-refractivity contribution in [2.24, 2.45) is 11.3 Å². The van der Waals surface area contributed by atoms with E-state index in [0.717, 1.165) is 45.7 Å². The van der Waals surface area contributed by atoms with E-state index in [1.54, 1.807) is 0 Å². The first-order valence-corrected chi connectivity index (χ1v) is 6.99. The third-order valence-electron chi connectivity index (χ3n) is 4.59. The fourth-order valence-corrected chi connectivity index (χ4v) is 3.39. The molecule has 0 aliphatic carbocycles. The number of hydrogen-bond acceptors (Lipinski definition) is 4. The molecule has 2 atom stereocenters. The van der Waals surface area contributed by atoms with Crippen LogP contribution in [0, 0.1) is 11.3 Å². The Balaban J connectivity index is 1.95. The minimum Gasteiger partial charge on any atom is -0.381 e. The molecule has 2 rings (SSSR count). The predicted octanol–water partition coefficient (Wildman–Crippen LogP) is 0.864. The fourth-order valence-electron chi connectivity index (χ4n) is 3.39. The number of rotatable bonds is 4. The van der Waals surface area contributed by atoms with E-state index in [2.05, 4.69) is 30.8 Å². The first-order chi connectivity index (χ1) is 8.56. The van der Waals surface area contributed by atoms with E-state index in [-0.39, 0.29) is 5.41 Å². The quantitative estimate of drug-likeness (QED) is 0.697. The Morgan fingerprint density at radius 2 is 2.00 bits per heavy atom. The number of carbonyl (C=O) groups excluding carboxylic acids is 1. The molecule has 2 aliphatic heterocycles. The van der Waals surface area contributed by atoms with Crippen molar-refractivity contribution in [3.63, 3.8) is 0 Å². The zero-order valence-electron chi connectivity index (χ0n) is 11.9. The molecule has 0 N–H and O–H groups in total. The molecule has 18 heavy (non-hydrogen) atoms. The molecular weight excluding hydrogens is 228 g/mol. The van der Waals surface area contributed by atoms with Crippen LogP contribution in [0.2, 0.25) is 0 Å². The molecule has 0 bridgehead atoms. The fraction of sp³-hybridized carbons (Fsp3) is 0.929. The van der Waals surface area contributed by atoms with Crippen LogP contribution < -0.4 is 0 Å². The Hall–Kier alpha value is -0.450. The highest BCUT2D eigenvalue weighted by Crippen LogP contribution is 2.31. The largest absolute Gasteiger partial charge is 0.381 e. The summed E-state index contributed by atoms with van der Waals surface area (Å²) in [5, 5.41) is 0. The van der Waals surface area contributed by atoms with Crippen LogP contribution in [0.3, 0.4) is 0 Å². The smallest absolute Gasteiger partial charge is 0.127 e. The molecule has 0 saturated carbocycles. The van der Waals surface area contributed by atoms with Gasteiger partial charge in [-0.1, -0.05) is 6.92 Å². The van der Waals surface area contributed by atoms with Crippen LogP contribution in [0.1, 0.15) is 19.8 Å². The Kier molecular flexibility index (Phi) is 4.41. The lowest BCUT2D eigenvalue weighted by Crippen LogP contribution is -2.43. The van der Waals surface area contributed by atoms with Crippen molar-refractivity contribution in [2.45, 2.75) is 25.8 Å². The molecule has 104 valence electrons. The average molecular weight is 254 g/mol. The van der Waals surface area contributed by atoms with Crippen molar-refractivity contribution in [1.29, 1.82) is 0 Å². The summed E-state index contributed by atoms with van der Waals surface area (Å²) in [7, 11) is 4.29. The zero-order chi connectivity index (χ0) is 13.2. The van der Waals surface area contributed by atoms with Crippen molar-refractivity contribution < 1.29 is 9.53 Å². The van der Waals surface area contributed by atoms with Crippen LogP contribution in [-0.4, -0.2) is 69.1 Å². The maximum absolute atomic E-state index is 11.5. The second kappa shape index (κ2) is 5.68. The highest BCUT2D eigenvalue weighted by atomic mass is 16.5. The van der Waals surface area contributed by atoms with Gasteiger partial charge >= 0.3 is 0 Å². The monoisotopic (exact) mass is 254 g/mol. The van der Waals surface area contributed by atoms with Crippen LogP contribution >= 0.6 is 0 Å². The molecule has 0 radical (unpaired) electrons. The van der Waals surface area contributed by atoms with Gasteiger partial charge in [-0.25, -0.2) is 0 Å². The van der Waals surface area contributed by atoms with Crippen molar-refractivity contribution in [3.8, 4) is 0 Å². The standard InChI is InChI=1S/C14H26N2O2/c1-12-8-16(9-13(12)15(2)3)10-14(11-17)4-6-18-7-5-14/h11-13H,4-10H2,1-3H3. The van der Waals surface area contributed by atoms with E-state index in [9.17, 15) is 4.79 Å². The van der Waals surface area contributed by atoms with Crippen molar-refractivity contribution in [3.05, 3.63) is 0 Å². The molecule has 2 fully saturated rings. The van der Waals surface area contributed by atoms with Gasteiger partial charge in [-0.15, -0.1) is 0 Å². The predicted molar refractivity (Wildman–Crippen MR) is 71.6 cm³/mol. The molecule has 4 nitrogen and oxygen atoms in total. The maximum atomic E-state index is 11.5. The molecule has 2 aliphatic rings. The lowest BCUT2D eigenvalue weighted by molar-refractivity contribution is -0.122. The number of hydrogen-bond donors (Lipinski definition) is 0. The molecule has 0 aromatic rings. The molecule has 0 spiro atoms. The first-order valence-electron chi connectivity index (χ1n) is 6.99. The lowest BCUT2D eigenvalue weighted by Gasteiger charge is -2.35. The van der Waals surface area contributed by atoms with Crippen LogP contribution in [0.25, 0.3) is 0 Å². The Morgan fingerprint density at radius 1 is 1.33 bits per heavy atom. The number of carbonyl (C=O) groups is 1. The van der Waals surface area contributed by atoms with Gasteiger partial charge in [0.2, 0.25) is 0 Å². The molecular formula is C14H26N2O2. The minimum atomic E-state index is -0.154. The summed E-state index contributed by atoms with van der Waals surface area (Å²) in [6.45, 7) is 6.89. The van der Waals surface area contributed by atoms with E-state index in [1.165, 1.54) is 6.29 Å². The molecule has 4 heteroatoms. The number of aldehydes is 1. The summed E-state index contributed by atoms with van der Waals surface area (Å²) in [5.41, 5.74) is -0.154. The summed E-state index contributed by atoms with van der Waals surface area (Å²) in [5.74, 6) is 0.684. The van der Waals surface area contributed by atoms with E-state index < -0.39 is 0 Å². The maximum Gasteiger partial charge on any atom is 0.127 e. The first kappa shape index (κ1) is 14.0. The van der Waals surface area contributed by atoms with Crippen LogP contribution in [0.15, 0.2) is 0 Å². The van der Waals surface area contributed by atoms with Crippen LogP contribution in [-0.2, 0) is 9.53 Å². The van der Waals surface area contributed by atoms with E-state index >= 15 is 0 Å². The second-order valence-corrected chi connectivity index (χ2v) is 6.29. The van der Waals surface area contributed by atoms with Crippen LogP contribution in [0.5, 0.6) is 0 Å². The molecule has 0 aromatic heterocycles. The summed E-state index contributed by atoms with van der Waals surface area (Å²) >= 11 is 0. The number of likely N-dealkylation sites (tertiary alicyclic amines) is 1. The van der Waals surface area contributed by atoms with Gasteiger partial charge < -0.3 is 19.3 Å². The molecule has 0 aromatic carbocycles. The highest BCUT2D eigenvalue weighted by molar-refractivity contribution is 5.60. The Morgan fingerprint density at radius 3 is 2.50 bits per heavy atom. The van der Waals surface area contributed by atoms with E-state index in [4.69, 9.17) is 4.74 Å². The number of ether oxygens (including phenoxy) is 1. The highest BCUT2D eigenvalue weighted by Gasteiger charge is 2.38. The third-order valence-corrected chi connectivity index (χ3v) is 4.59. The second-order valence-electron chi connectivity index (χ2n) is 6.29. The summed E-state index contributed by atoms with van der Waals surface area (Å²) in [6.07, 6.45) is 2.95. The molecule has 2 unspecified atom stereocenters.